The Morgan fingerprint density at radius 2 is 1.95 bits per heavy atom. The minimum Gasteiger partial charge on any atom is -0.398 e. The van der Waals surface area contributed by atoms with Gasteiger partial charge in [-0.15, -0.1) is 0 Å². The van der Waals surface area contributed by atoms with Gasteiger partial charge in [0.25, 0.3) is 0 Å². The van der Waals surface area contributed by atoms with E-state index < -0.39 is 28.0 Å². The number of halogens is 1. The van der Waals surface area contributed by atoms with Gasteiger partial charge in [0.15, 0.2) is 0 Å². The number of aliphatic hydroxyl groups excluding tert-OH is 1. The van der Waals surface area contributed by atoms with Crippen LogP contribution in [0, 0.1) is 5.82 Å². The summed E-state index contributed by atoms with van der Waals surface area (Å²) in [4.78, 5) is -0.283. The molecule has 2 atom stereocenters. The van der Waals surface area contributed by atoms with Gasteiger partial charge in [-0.25, -0.2) is 17.5 Å². The predicted octanol–water partition coefficient (Wildman–Crippen LogP) is 1.38. The number of nitrogens with two attached hydrogens (primary N) is 1. The summed E-state index contributed by atoms with van der Waals surface area (Å²) in [5.41, 5.74) is 5.59. The van der Waals surface area contributed by atoms with Crippen molar-refractivity contribution in [3.05, 3.63) is 24.0 Å². The molecule has 7 heteroatoms. The van der Waals surface area contributed by atoms with Crippen molar-refractivity contribution in [2.45, 2.75) is 49.1 Å². The summed E-state index contributed by atoms with van der Waals surface area (Å²) in [5, 5.41) is 9.95. The van der Waals surface area contributed by atoms with Crippen LogP contribution in [0.4, 0.5) is 10.1 Å². The normalized spacial score (nSPS) is 24.3. The van der Waals surface area contributed by atoms with Gasteiger partial charge in [0, 0.05) is 6.04 Å². The van der Waals surface area contributed by atoms with Crippen LogP contribution >= 0.6 is 0 Å². The van der Waals surface area contributed by atoms with Crippen LogP contribution in [0.1, 0.15) is 32.1 Å². The number of aliphatic hydroxyl groups is 1. The van der Waals surface area contributed by atoms with Gasteiger partial charge in [-0.2, -0.15) is 0 Å². The Kier molecular flexibility index (Phi) is 4.62. The molecule has 0 amide bonds. The van der Waals surface area contributed by atoms with Crippen molar-refractivity contribution < 1.29 is 17.9 Å². The number of hydrogen-bond acceptors (Lipinski definition) is 4. The van der Waals surface area contributed by atoms with Crippen molar-refractivity contribution in [3.63, 3.8) is 0 Å². The summed E-state index contributed by atoms with van der Waals surface area (Å²) in [6, 6.07) is 2.66. The SMILES string of the molecule is Nc1ccc(F)cc1S(=O)(=O)NC1CCCCCC1O. The Labute approximate surface area is 118 Å². The molecule has 0 aromatic heterocycles. The number of anilines is 1. The summed E-state index contributed by atoms with van der Waals surface area (Å²) in [6.07, 6.45) is 3.10. The average molecular weight is 302 g/mol. The van der Waals surface area contributed by atoms with E-state index in [0.29, 0.717) is 12.8 Å². The fourth-order valence-corrected chi connectivity index (χ4v) is 3.88. The molecule has 1 aliphatic carbocycles. The Hall–Kier alpha value is -1.18. The molecule has 2 rings (SSSR count). The zero-order valence-electron chi connectivity index (χ0n) is 11.0. The van der Waals surface area contributed by atoms with E-state index in [4.69, 9.17) is 5.73 Å². The first-order chi connectivity index (χ1) is 9.40. The molecule has 1 saturated carbocycles. The highest BCUT2D eigenvalue weighted by molar-refractivity contribution is 7.89. The lowest BCUT2D eigenvalue weighted by Crippen LogP contribution is -2.42. The second-order valence-corrected chi connectivity index (χ2v) is 6.80. The molecule has 1 aromatic rings. The van der Waals surface area contributed by atoms with Crippen LogP contribution in [0.3, 0.4) is 0 Å². The maximum Gasteiger partial charge on any atom is 0.243 e. The lowest BCUT2D eigenvalue weighted by atomic mass is 10.1. The van der Waals surface area contributed by atoms with E-state index in [9.17, 15) is 17.9 Å². The van der Waals surface area contributed by atoms with E-state index in [1.807, 2.05) is 0 Å². The summed E-state index contributed by atoms with van der Waals surface area (Å²) < 4.78 is 40.2. The van der Waals surface area contributed by atoms with Crippen molar-refractivity contribution in [1.82, 2.24) is 4.72 Å². The van der Waals surface area contributed by atoms with Gasteiger partial charge in [-0.05, 0) is 31.0 Å². The number of hydrogen-bond donors (Lipinski definition) is 3. The minimum atomic E-state index is -3.94. The largest absolute Gasteiger partial charge is 0.398 e. The molecule has 1 fully saturated rings. The second kappa shape index (κ2) is 6.07. The van der Waals surface area contributed by atoms with E-state index in [2.05, 4.69) is 4.72 Å². The number of benzene rings is 1. The molecule has 4 N–H and O–H groups in total. The molecule has 1 aromatic carbocycles. The zero-order valence-corrected chi connectivity index (χ0v) is 11.9. The molecule has 20 heavy (non-hydrogen) atoms. The topological polar surface area (TPSA) is 92.4 Å². The molecule has 0 aliphatic heterocycles. The molecule has 0 saturated heterocycles. The van der Waals surface area contributed by atoms with Crippen molar-refractivity contribution in [2.75, 3.05) is 5.73 Å². The monoisotopic (exact) mass is 302 g/mol. The number of nitrogen functional groups attached to an aromatic ring is 1. The highest BCUT2D eigenvalue weighted by Crippen LogP contribution is 2.23. The van der Waals surface area contributed by atoms with Gasteiger partial charge in [-0.3, -0.25) is 0 Å². The van der Waals surface area contributed by atoms with Crippen LogP contribution < -0.4 is 10.5 Å². The Morgan fingerprint density at radius 3 is 2.70 bits per heavy atom. The third-order valence-corrected chi connectivity index (χ3v) is 5.10. The first-order valence-corrected chi connectivity index (χ1v) is 8.14. The number of nitrogens with one attached hydrogen (secondary N) is 1. The Bertz CT molecular complexity index is 577. The van der Waals surface area contributed by atoms with Crippen LogP contribution in [-0.4, -0.2) is 25.7 Å². The Morgan fingerprint density at radius 1 is 1.25 bits per heavy atom. The molecule has 5 nitrogen and oxygen atoms in total. The van der Waals surface area contributed by atoms with Crippen molar-refractivity contribution >= 4 is 15.7 Å². The fourth-order valence-electron chi connectivity index (χ4n) is 2.43. The third kappa shape index (κ3) is 3.47. The zero-order chi connectivity index (χ0) is 14.8. The van der Waals surface area contributed by atoms with Crippen LogP contribution in [0.25, 0.3) is 0 Å². The van der Waals surface area contributed by atoms with Gasteiger partial charge >= 0.3 is 0 Å². The van der Waals surface area contributed by atoms with Gasteiger partial charge in [0.1, 0.15) is 10.7 Å². The van der Waals surface area contributed by atoms with Crippen LogP contribution in [0.15, 0.2) is 23.1 Å². The molecule has 0 bridgehead atoms. The van der Waals surface area contributed by atoms with Crippen molar-refractivity contribution in [3.8, 4) is 0 Å². The van der Waals surface area contributed by atoms with E-state index in [0.717, 1.165) is 31.4 Å². The molecule has 0 spiro atoms. The van der Waals surface area contributed by atoms with Crippen LogP contribution in [0.5, 0.6) is 0 Å². The highest BCUT2D eigenvalue weighted by Gasteiger charge is 2.28. The molecule has 1 aliphatic rings. The molecule has 112 valence electrons. The summed E-state index contributed by atoms with van der Waals surface area (Å²) >= 11 is 0. The van der Waals surface area contributed by atoms with Crippen molar-refractivity contribution in [2.24, 2.45) is 0 Å². The number of rotatable bonds is 3. The number of sulfonamides is 1. The fraction of sp³-hybridized carbons (Fsp3) is 0.538. The van der Waals surface area contributed by atoms with E-state index in [1.165, 1.54) is 6.07 Å². The van der Waals surface area contributed by atoms with Crippen LogP contribution in [0.2, 0.25) is 0 Å². The van der Waals surface area contributed by atoms with E-state index >= 15 is 0 Å². The Balaban J connectivity index is 2.24. The van der Waals surface area contributed by atoms with Gasteiger partial charge in [-0.1, -0.05) is 19.3 Å². The maximum absolute atomic E-state index is 13.2. The molecule has 0 heterocycles. The smallest absolute Gasteiger partial charge is 0.243 e. The second-order valence-electron chi connectivity index (χ2n) is 5.12. The van der Waals surface area contributed by atoms with Gasteiger partial charge < -0.3 is 10.8 Å². The standard InChI is InChI=1S/C13H19FN2O3S/c14-9-6-7-10(15)13(8-9)20(18,19)16-11-4-2-1-3-5-12(11)17/h6-8,11-12,16-17H,1-5,15H2. The van der Waals surface area contributed by atoms with Gasteiger partial charge in [0.05, 0.1) is 11.8 Å². The first kappa shape index (κ1) is 15.2. The van der Waals surface area contributed by atoms with Gasteiger partial charge in [0.2, 0.25) is 10.0 Å². The molecule has 2 unspecified atom stereocenters. The summed E-state index contributed by atoms with van der Waals surface area (Å²) in [6.45, 7) is 0. The van der Waals surface area contributed by atoms with E-state index in [-0.39, 0.29) is 10.6 Å². The summed E-state index contributed by atoms with van der Waals surface area (Å²) in [7, 11) is -3.94. The average Bonchev–Trinajstić information content (AvgIpc) is 2.57. The minimum absolute atomic E-state index is 0.0120. The van der Waals surface area contributed by atoms with E-state index in [1.54, 1.807) is 0 Å². The summed E-state index contributed by atoms with van der Waals surface area (Å²) in [5.74, 6) is -0.666. The lowest BCUT2D eigenvalue weighted by Gasteiger charge is -2.22. The molecular weight excluding hydrogens is 283 g/mol. The predicted molar refractivity (Wildman–Crippen MR) is 74.0 cm³/mol. The molecule has 0 radical (unpaired) electrons. The van der Waals surface area contributed by atoms with Crippen LogP contribution in [-0.2, 0) is 10.0 Å². The highest BCUT2D eigenvalue weighted by atomic mass is 32.2. The third-order valence-electron chi connectivity index (χ3n) is 3.55. The van der Waals surface area contributed by atoms with Crippen molar-refractivity contribution in [1.29, 1.82) is 0 Å². The molecular formula is C13H19FN2O3S. The quantitative estimate of drug-likeness (QED) is 0.581. The maximum atomic E-state index is 13.2. The first-order valence-electron chi connectivity index (χ1n) is 6.65. The lowest BCUT2D eigenvalue weighted by molar-refractivity contribution is 0.130.